The number of sulfonamides is 1. The number of rotatable bonds is 5. The van der Waals surface area contributed by atoms with Crippen LogP contribution in [0.15, 0.2) is 46.1 Å². The lowest BCUT2D eigenvalue weighted by molar-refractivity contribution is 0.220. The highest BCUT2D eigenvalue weighted by molar-refractivity contribution is 7.89. The molecule has 3 aromatic heterocycles. The molecule has 10 heteroatoms. The second kappa shape index (κ2) is 7.20. The van der Waals surface area contributed by atoms with Gasteiger partial charge in [-0.15, -0.1) is 10.2 Å². The maximum Gasteiger partial charge on any atom is 0.266 e. The maximum atomic E-state index is 13.1. The molecule has 142 valence electrons. The Bertz CT molecular complexity index is 1010. The van der Waals surface area contributed by atoms with Crippen molar-refractivity contribution in [2.24, 2.45) is 0 Å². The Labute approximate surface area is 157 Å². The fraction of sp³-hybridized carbons (Fsp3) is 0.412. The van der Waals surface area contributed by atoms with Crippen LogP contribution in [-0.4, -0.2) is 44.2 Å². The van der Waals surface area contributed by atoms with Crippen LogP contribution >= 0.6 is 0 Å². The molecule has 1 fully saturated rings. The average molecular weight is 388 g/mol. The SMILES string of the molecule is CCn1cc(S(=O)(=O)N2CCCC[C@H]2c2nnc(-c3ccccn3)o2)cn1. The Balaban J connectivity index is 1.66. The van der Waals surface area contributed by atoms with Crippen molar-refractivity contribution in [3.8, 4) is 11.6 Å². The lowest BCUT2D eigenvalue weighted by atomic mass is 10.1. The minimum absolute atomic E-state index is 0.181. The normalized spacial score (nSPS) is 18.6. The molecular weight excluding hydrogens is 368 g/mol. The van der Waals surface area contributed by atoms with Gasteiger partial charge >= 0.3 is 0 Å². The third-order valence-corrected chi connectivity index (χ3v) is 6.46. The molecule has 0 aliphatic carbocycles. The third-order valence-electron chi connectivity index (χ3n) is 4.60. The molecule has 0 radical (unpaired) electrons. The van der Waals surface area contributed by atoms with Gasteiger partial charge in [-0.05, 0) is 31.9 Å². The van der Waals surface area contributed by atoms with E-state index in [2.05, 4.69) is 20.3 Å². The summed E-state index contributed by atoms with van der Waals surface area (Å²) in [4.78, 5) is 4.38. The van der Waals surface area contributed by atoms with Crippen LogP contribution < -0.4 is 0 Å². The van der Waals surface area contributed by atoms with Gasteiger partial charge in [0.1, 0.15) is 16.6 Å². The third kappa shape index (κ3) is 3.37. The smallest absolute Gasteiger partial charge is 0.266 e. The van der Waals surface area contributed by atoms with E-state index in [1.165, 1.54) is 10.5 Å². The second-order valence-corrected chi connectivity index (χ2v) is 8.21. The predicted molar refractivity (Wildman–Crippen MR) is 95.9 cm³/mol. The molecular formula is C17H20N6O3S. The van der Waals surface area contributed by atoms with Crippen LogP contribution in [0.2, 0.25) is 0 Å². The molecule has 0 aromatic carbocycles. The molecule has 0 unspecified atom stereocenters. The van der Waals surface area contributed by atoms with Gasteiger partial charge in [0, 0.05) is 25.5 Å². The van der Waals surface area contributed by atoms with Gasteiger partial charge in [-0.25, -0.2) is 8.42 Å². The van der Waals surface area contributed by atoms with Gasteiger partial charge < -0.3 is 4.42 Å². The summed E-state index contributed by atoms with van der Waals surface area (Å²) in [5.41, 5.74) is 0.561. The minimum atomic E-state index is -3.70. The average Bonchev–Trinajstić information content (AvgIpc) is 3.39. The highest BCUT2D eigenvalue weighted by Gasteiger charge is 2.38. The Kier molecular flexibility index (Phi) is 4.75. The van der Waals surface area contributed by atoms with Gasteiger partial charge in [0.15, 0.2) is 0 Å². The molecule has 0 N–H and O–H groups in total. The molecule has 1 aliphatic heterocycles. The summed E-state index contributed by atoms with van der Waals surface area (Å²) in [6.45, 7) is 2.92. The molecule has 0 spiro atoms. The van der Waals surface area contributed by atoms with Crippen LogP contribution in [0, 0.1) is 0 Å². The monoisotopic (exact) mass is 388 g/mol. The van der Waals surface area contributed by atoms with Crippen molar-refractivity contribution in [2.45, 2.75) is 43.7 Å². The van der Waals surface area contributed by atoms with E-state index >= 15 is 0 Å². The van der Waals surface area contributed by atoms with Crippen molar-refractivity contribution in [2.75, 3.05) is 6.54 Å². The van der Waals surface area contributed by atoms with Crippen molar-refractivity contribution in [1.82, 2.24) is 29.3 Å². The van der Waals surface area contributed by atoms with Crippen molar-refractivity contribution in [3.05, 3.63) is 42.7 Å². The number of aromatic nitrogens is 5. The van der Waals surface area contributed by atoms with Gasteiger partial charge in [0.2, 0.25) is 15.9 Å². The van der Waals surface area contributed by atoms with E-state index in [1.807, 2.05) is 13.0 Å². The highest BCUT2D eigenvalue weighted by atomic mass is 32.2. The van der Waals surface area contributed by atoms with Crippen molar-refractivity contribution in [3.63, 3.8) is 0 Å². The van der Waals surface area contributed by atoms with Crippen LogP contribution in [-0.2, 0) is 16.6 Å². The van der Waals surface area contributed by atoms with Crippen molar-refractivity contribution < 1.29 is 12.8 Å². The van der Waals surface area contributed by atoms with Crippen molar-refractivity contribution in [1.29, 1.82) is 0 Å². The zero-order valence-corrected chi connectivity index (χ0v) is 15.7. The molecule has 4 heterocycles. The van der Waals surface area contributed by atoms with Gasteiger partial charge in [-0.1, -0.05) is 12.5 Å². The largest absolute Gasteiger partial charge is 0.417 e. The Morgan fingerprint density at radius 3 is 2.89 bits per heavy atom. The van der Waals surface area contributed by atoms with Gasteiger partial charge in [-0.3, -0.25) is 9.67 Å². The summed E-state index contributed by atoms with van der Waals surface area (Å²) in [5, 5.41) is 12.3. The predicted octanol–water partition coefficient (Wildman–Crippen LogP) is 2.26. The van der Waals surface area contributed by atoms with E-state index in [9.17, 15) is 8.42 Å². The molecule has 1 atom stereocenters. The number of hydrogen-bond acceptors (Lipinski definition) is 7. The molecule has 0 bridgehead atoms. The van der Waals surface area contributed by atoms with Crippen LogP contribution in [0.1, 0.15) is 38.1 Å². The van der Waals surface area contributed by atoms with Crippen LogP contribution in [0.25, 0.3) is 11.6 Å². The van der Waals surface area contributed by atoms with Crippen LogP contribution in [0.3, 0.4) is 0 Å². The number of aryl methyl sites for hydroxylation is 1. The van der Waals surface area contributed by atoms with Crippen molar-refractivity contribution >= 4 is 10.0 Å². The first kappa shape index (κ1) is 17.8. The first-order valence-corrected chi connectivity index (χ1v) is 10.3. The fourth-order valence-electron chi connectivity index (χ4n) is 3.19. The van der Waals surface area contributed by atoms with Crippen LogP contribution in [0.5, 0.6) is 0 Å². The lowest BCUT2D eigenvalue weighted by Gasteiger charge is -2.31. The maximum absolute atomic E-state index is 13.1. The van der Waals surface area contributed by atoms with E-state index in [1.54, 1.807) is 29.2 Å². The minimum Gasteiger partial charge on any atom is -0.417 e. The molecule has 4 rings (SSSR count). The lowest BCUT2D eigenvalue weighted by Crippen LogP contribution is -2.38. The zero-order chi connectivity index (χ0) is 18.9. The summed E-state index contributed by atoms with van der Waals surface area (Å²) in [7, 11) is -3.70. The Morgan fingerprint density at radius 1 is 1.26 bits per heavy atom. The van der Waals surface area contributed by atoms with E-state index in [4.69, 9.17) is 4.42 Å². The summed E-state index contributed by atoms with van der Waals surface area (Å²) in [6, 6.07) is 4.91. The summed E-state index contributed by atoms with van der Waals surface area (Å²) in [5.74, 6) is 0.578. The summed E-state index contributed by atoms with van der Waals surface area (Å²) in [6.07, 6.45) is 6.89. The van der Waals surface area contributed by atoms with Gasteiger partial charge in [0.25, 0.3) is 5.89 Å². The topological polar surface area (TPSA) is 107 Å². The van der Waals surface area contributed by atoms with E-state index < -0.39 is 16.1 Å². The molecule has 27 heavy (non-hydrogen) atoms. The van der Waals surface area contributed by atoms with Gasteiger partial charge in [0.05, 0.1) is 6.20 Å². The van der Waals surface area contributed by atoms with Gasteiger partial charge in [-0.2, -0.15) is 9.40 Å². The number of nitrogens with zero attached hydrogens (tertiary/aromatic N) is 6. The molecule has 0 saturated carbocycles. The molecule has 0 amide bonds. The molecule has 3 aromatic rings. The second-order valence-electron chi connectivity index (χ2n) is 6.32. The Hall–Kier alpha value is -2.59. The van der Waals surface area contributed by atoms with E-state index in [0.29, 0.717) is 31.1 Å². The number of piperidine rings is 1. The standard InChI is InChI=1S/C17H20N6O3S/c1-2-22-12-13(11-19-22)27(24,25)23-10-6-4-8-15(23)17-21-20-16(26-17)14-7-3-5-9-18-14/h3,5,7,9,11-12,15H,2,4,6,8,10H2,1H3/t15-/m0/s1. The van der Waals surface area contributed by atoms with Crippen LogP contribution in [0.4, 0.5) is 0 Å². The molecule has 1 aliphatic rings. The summed E-state index contributed by atoms with van der Waals surface area (Å²) < 4.78 is 35.1. The van der Waals surface area contributed by atoms with E-state index in [0.717, 1.165) is 12.8 Å². The highest BCUT2D eigenvalue weighted by Crippen LogP contribution is 2.35. The Morgan fingerprint density at radius 2 is 2.15 bits per heavy atom. The number of pyridine rings is 1. The van der Waals surface area contributed by atoms with E-state index in [-0.39, 0.29) is 10.8 Å². The molecule has 1 saturated heterocycles. The number of hydrogen-bond donors (Lipinski definition) is 0. The first-order valence-electron chi connectivity index (χ1n) is 8.88. The zero-order valence-electron chi connectivity index (χ0n) is 14.9. The fourth-order valence-corrected chi connectivity index (χ4v) is 4.79. The first-order chi connectivity index (χ1) is 13.1. The summed E-state index contributed by atoms with van der Waals surface area (Å²) >= 11 is 0. The molecule has 9 nitrogen and oxygen atoms in total. The quantitative estimate of drug-likeness (QED) is 0.660.